The minimum atomic E-state index is -0.641. The van der Waals surface area contributed by atoms with Gasteiger partial charge in [-0.15, -0.1) is 0 Å². The number of allylic oxidation sites excluding steroid dienone is 2. The molecule has 12 atom stereocenters. The Labute approximate surface area is 341 Å². The van der Waals surface area contributed by atoms with Gasteiger partial charge in [-0.3, -0.25) is 9.59 Å². The van der Waals surface area contributed by atoms with Gasteiger partial charge < -0.3 is 20.1 Å². The van der Waals surface area contributed by atoms with Gasteiger partial charge in [0.15, 0.2) is 5.78 Å². The number of aromatic hydroxyl groups is 2. The number of ether oxygens (including phenoxy) is 1. The molecule has 12 unspecified atom stereocenters. The van der Waals surface area contributed by atoms with Gasteiger partial charge in [-0.1, -0.05) is 90.1 Å². The number of aliphatic hydroxyl groups is 1. The maximum absolute atomic E-state index is 14.9. The summed E-state index contributed by atoms with van der Waals surface area (Å²) in [5.74, 6) is 2.51. The minimum Gasteiger partial charge on any atom is -0.508 e. The summed E-state index contributed by atoms with van der Waals surface area (Å²) in [6, 6.07) is 15.1. The standard InChI is InChI=1S/C51H68O6/c1-47(2)42-23-24-49(4)43(48(42,3)28-37(45(47)56)32-16-11-18-34(53)26-32)22-21-39-44(41(55)29-50(39,49)5)36(30-13-8-7-9-14-30)27-40(54)46-51(6,57-46)38-20-12-19-35(38)31-15-10-17-33(52)25-31/h10-11,15-18,25-26,30,35-38,40,42-43,46,52-54H,7-9,12-14,19-24,27-29H2,1-6H3. The van der Waals surface area contributed by atoms with Gasteiger partial charge in [0, 0.05) is 23.2 Å². The monoisotopic (exact) mass is 777 g/mol. The van der Waals surface area contributed by atoms with Gasteiger partial charge in [-0.25, -0.2) is 0 Å². The molecule has 6 heteroatoms. The number of hydrogen-bond acceptors (Lipinski definition) is 6. The summed E-state index contributed by atoms with van der Waals surface area (Å²) in [6.07, 6.45) is 14.0. The van der Waals surface area contributed by atoms with Gasteiger partial charge in [0.25, 0.3) is 0 Å². The molecule has 308 valence electrons. The molecule has 2 aromatic carbocycles. The number of aliphatic hydroxyl groups excluding tert-OH is 1. The van der Waals surface area contributed by atoms with Crippen molar-refractivity contribution in [1.29, 1.82) is 0 Å². The maximum Gasteiger partial charge on any atom is 0.160 e. The third-order valence-electron chi connectivity index (χ3n) is 18.7. The summed E-state index contributed by atoms with van der Waals surface area (Å²) in [5, 5.41) is 33.0. The van der Waals surface area contributed by atoms with Gasteiger partial charge in [0.2, 0.25) is 0 Å². The Bertz CT molecular complexity index is 1960. The van der Waals surface area contributed by atoms with Crippen LogP contribution in [0.5, 0.6) is 11.5 Å². The van der Waals surface area contributed by atoms with Crippen molar-refractivity contribution >= 4 is 11.6 Å². The lowest BCUT2D eigenvalue weighted by Gasteiger charge is -2.68. The molecule has 6 fully saturated rings. The molecule has 9 rings (SSSR count). The number of ketones is 2. The average molecular weight is 777 g/mol. The van der Waals surface area contributed by atoms with Crippen LogP contribution in [0.25, 0.3) is 0 Å². The highest BCUT2D eigenvalue weighted by molar-refractivity contribution is 6.01. The number of Topliss-reactive ketones (excluding diaryl/α,β-unsaturated/α-hetero) is 2. The molecule has 6 nitrogen and oxygen atoms in total. The molecule has 57 heavy (non-hydrogen) atoms. The van der Waals surface area contributed by atoms with Crippen molar-refractivity contribution in [2.24, 2.45) is 51.2 Å². The second-order valence-corrected chi connectivity index (χ2v) is 21.6. The van der Waals surface area contributed by atoms with Crippen molar-refractivity contribution in [1.82, 2.24) is 0 Å². The van der Waals surface area contributed by atoms with Crippen LogP contribution >= 0.6 is 0 Å². The average Bonchev–Trinajstić information content (AvgIpc) is 3.48. The van der Waals surface area contributed by atoms with E-state index in [0.717, 1.165) is 80.9 Å². The molecule has 1 aliphatic heterocycles. The van der Waals surface area contributed by atoms with E-state index in [1.807, 2.05) is 24.3 Å². The van der Waals surface area contributed by atoms with Crippen LogP contribution < -0.4 is 0 Å². The summed E-state index contributed by atoms with van der Waals surface area (Å²) in [6.45, 7) is 14.0. The fourth-order valence-electron chi connectivity index (χ4n) is 15.8. The van der Waals surface area contributed by atoms with Crippen molar-refractivity contribution in [2.75, 3.05) is 0 Å². The Morgan fingerprint density at radius 1 is 0.789 bits per heavy atom. The Kier molecular flexibility index (Phi) is 9.56. The molecule has 1 heterocycles. The second kappa shape index (κ2) is 13.8. The lowest BCUT2D eigenvalue weighted by molar-refractivity contribution is -0.183. The summed E-state index contributed by atoms with van der Waals surface area (Å²) in [5.41, 5.74) is 3.21. The lowest BCUT2D eigenvalue weighted by Crippen LogP contribution is -2.63. The number of fused-ring (bicyclic) bond motifs is 5. The van der Waals surface area contributed by atoms with E-state index in [0.29, 0.717) is 47.9 Å². The molecule has 5 saturated carbocycles. The number of rotatable bonds is 8. The van der Waals surface area contributed by atoms with Crippen molar-refractivity contribution in [3.05, 3.63) is 70.8 Å². The first kappa shape index (κ1) is 39.5. The fraction of sp³-hybridized carbons (Fsp3) is 0.686. The highest BCUT2D eigenvalue weighted by Gasteiger charge is 2.69. The zero-order chi connectivity index (χ0) is 40.3. The van der Waals surface area contributed by atoms with E-state index in [9.17, 15) is 24.9 Å². The van der Waals surface area contributed by atoms with Gasteiger partial charge in [0.1, 0.15) is 23.4 Å². The van der Waals surface area contributed by atoms with Crippen LogP contribution in [0.1, 0.15) is 161 Å². The normalized spacial score (nSPS) is 41.3. The summed E-state index contributed by atoms with van der Waals surface area (Å²) in [4.78, 5) is 29.2. The number of carbonyl (C=O) groups is 2. The summed E-state index contributed by atoms with van der Waals surface area (Å²) < 4.78 is 6.60. The predicted molar refractivity (Wildman–Crippen MR) is 223 cm³/mol. The topological polar surface area (TPSA) is 107 Å². The van der Waals surface area contributed by atoms with Crippen LogP contribution in [0, 0.1) is 51.2 Å². The van der Waals surface area contributed by atoms with Crippen LogP contribution in [-0.2, 0) is 14.3 Å². The molecule has 0 aromatic heterocycles. The van der Waals surface area contributed by atoms with Crippen molar-refractivity contribution in [2.45, 2.75) is 167 Å². The number of phenolic OH excluding ortho intramolecular Hbond substituents is 2. The van der Waals surface area contributed by atoms with E-state index in [4.69, 9.17) is 4.74 Å². The van der Waals surface area contributed by atoms with Crippen LogP contribution in [0.4, 0.5) is 0 Å². The number of phenols is 2. The van der Waals surface area contributed by atoms with E-state index in [2.05, 4.69) is 47.6 Å². The van der Waals surface area contributed by atoms with Gasteiger partial charge in [0.05, 0.1) is 11.7 Å². The number of epoxide rings is 1. The first-order valence-corrected chi connectivity index (χ1v) is 22.8. The molecule has 0 bridgehead atoms. The molecule has 0 spiro atoms. The van der Waals surface area contributed by atoms with E-state index < -0.39 is 17.1 Å². The molecular formula is C51H68O6. The van der Waals surface area contributed by atoms with E-state index in [1.54, 1.807) is 18.2 Å². The third-order valence-corrected chi connectivity index (χ3v) is 18.7. The van der Waals surface area contributed by atoms with E-state index >= 15 is 0 Å². The zero-order valence-corrected chi connectivity index (χ0v) is 35.5. The second-order valence-electron chi connectivity index (χ2n) is 21.6. The van der Waals surface area contributed by atoms with Crippen LogP contribution in [0.2, 0.25) is 0 Å². The molecule has 0 radical (unpaired) electrons. The Hall–Kier alpha value is -2.96. The number of hydrogen-bond donors (Lipinski definition) is 3. The highest BCUT2D eigenvalue weighted by atomic mass is 16.6. The quantitative estimate of drug-likeness (QED) is 0.231. The third kappa shape index (κ3) is 5.98. The summed E-state index contributed by atoms with van der Waals surface area (Å²) >= 11 is 0. The maximum atomic E-state index is 14.9. The molecule has 3 N–H and O–H groups in total. The van der Waals surface area contributed by atoms with E-state index in [-0.39, 0.29) is 51.8 Å². The molecular weight excluding hydrogens is 709 g/mol. The van der Waals surface area contributed by atoms with Crippen molar-refractivity contribution in [3.63, 3.8) is 0 Å². The van der Waals surface area contributed by atoms with Crippen LogP contribution in [0.15, 0.2) is 59.7 Å². The van der Waals surface area contributed by atoms with Gasteiger partial charge in [-0.2, -0.15) is 0 Å². The molecule has 1 saturated heterocycles. The van der Waals surface area contributed by atoms with Gasteiger partial charge >= 0.3 is 0 Å². The first-order valence-electron chi connectivity index (χ1n) is 22.8. The zero-order valence-electron chi connectivity index (χ0n) is 35.5. The SMILES string of the molecule is CC1(C)C(=O)C(c2cccc(O)c2)CC2(C)C1CCC1(C)C2CCC2=C(C(CC(O)C3OC3(C)C3CCCC3c3cccc(O)c3)C3CCCCC3)C(=O)CC21C. The molecule has 0 amide bonds. The molecule has 7 aliphatic rings. The summed E-state index contributed by atoms with van der Waals surface area (Å²) in [7, 11) is 0. The minimum absolute atomic E-state index is 0.0389. The molecule has 2 aromatic rings. The Morgan fingerprint density at radius 2 is 1.47 bits per heavy atom. The van der Waals surface area contributed by atoms with Crippen molar-refractivity contribution in [3.8, 4) is 11.5 Å². The largest absolute Gasteiger partial charge is 0.508 e. The number of carbonyl (C=O) groups excluding carboxylic acids is 2. The Balaban J connectivity index is 1.02. The molecule has 6 aliphatic carbocycles. The first-order chi connectivity index (χ1) is 27.0. The predicted octanol–water partition coefficient (Wildman–Crippen LogP) is 11.0. The lowest BCUT2D eigenvalue weighted by atomic mass is 9.35. The van der Waals surface area contributed by atoms with Crippen LogP contribution in [-0.4, -0.2) is 44.7 Å². The van der Waals surface area contributed by atoms with Crippen LogP contribution in [0.3, 0.4) is 0 Å². The smallest absolute Gasteiger partial charge is 0.160 e. The fourth-order valence-corrected chi connectivity index (χ4v) is 15.8. The van der Waals surface area contributed by atoms with Gasteiger partial charge in [-0.05, 0) is 158 Å². The highest BCUT2D eigenvalue weighted by Crippen LogP contribution is 2.75. The number of benzene rings is 2. The van der Waals surface area contributed by atoms with E-state index in [1.165, 1.54) is 24.8 Å². The van der Waals surface area contributed by atoms with Crippen molar-refractivity contribution < 1.29 is 29.6 Å². The Morgan fingerprint density at radius 3 is 2.18 bits per heavy atom.